The van der Waals surface area contributed by atoms with Gasteiger partial charge in [0.1, 0.15) is 23.2 Å². The number of anilines is 1. The first-order chi connectivity index (χ1) is 7.63. The predicted molar refractivity (Wildman–Crippen MR) is 52.9 cm³/mol. The van der Waals surface area contributed by atoms with Crippen molar-refractivity contribution in [3.63, 3.8) is 0 Å². The Kier molecular flexibility index (Phi) is 2.63. The Bertz CT molecular complexity index is 499. The monoisotopic (exact) mass is 223 g/mol. The van der Waals surface area contributed by atoms with Gasteiger partial charge in [0.05, 0.1) is 0 Å². The van der Waals surface area contributed by atoms with Crippen LogP contribution in [0.4, 0.5) is 14.6 Å². The lowest BCUT2D eigenvalue weighted by molar-refractivity contribution is 0.433. The lowest BCUT2D eigenvalue weighted by Gasteiger charge is -2.03. The van der Waals surface area contributed by atoms with Crippen molar-refractivity contribution >= 4 is 5.82 Å². The van der Waals surface area contributed by atoms with Crippen molar-refractivity contribution in [2.75, 3.05) is 5.73 Å². The molecule has 0 saturated carbocycles. The second kappa shape index (κ2) is 4.09. The van der Waals surface area contributed by atoms with E-state index < -0.39 is 11.6 Å². The first-order valence-corrected chi connectivity index (χ1v) is 4.36. The van der Waals surface area contributed by atoms with Crippen molar-refractivity contribution in [3.8, 4) is 11.8 Å². The minimum Gasteiger partial charge on any atom is -0.424 e. The Labute approximate surface area is 89.7 Å². The molecule has 82 valence electrons. The fourth-order valence-electron chi connectivity index (χ4n) is 1.10. The zero-order valence-corrected chi connectivity index (χ0v) is 8.02. The number of hydrogen-bond acceptors (Lipinski definition) is 4. The summed E-state index contributed by atoms with van der Waals surface area (Å²) in [6, 6.07) is 4.20. The second-order valence-corrected chi connectivity index (χ2v) is 2.97. The van der Waals surface area contributed by atoms with E-state index in [1.165, 1.54) is 12.3 Å². The molecule has 1 heterocycles. The van der Waals surface area contributed by atoms with E-state index in [1.807, 2.05) is 0 Å². The molecule has 2 aromatic rings. The standard InChI is InChI=1S/C10H7F2N3O/c11-6-3-7(12)5-8(4-6)16-10-14-2-1-9(13)15-10/h1-5H,(H2,13,14,15). The first-order valence-electron chi connectivity index (χ1n) is 4.36. The molecule has 1 aromatic heterocycles. The molecule has 0 spiro atoms. The van der Waals surface area contributed by atoms with E-state index in [9.17, 15) is 8.78 Å². The second-order valence-electron chi connectivity index (χ2n) is 2.97. The summed E-state index contributed by atoms with van der Waals surface area (Å²) >= 11 is 0. The molecule has 0 aliphatic rings. The molecular formula is C10H7F2N3O. The Morgan fingerprint density at radius 1 is 1.12 bits per heavy atom. The number of benzene rings is 1. The highest BCUT2D eigenvalue weighted by atomic mass is 19.1. The molecule has 6 heteroatoms. The molecule has 4 nitrogen and oxygen atoms in total. The molecular weight excluding hydrogens is 216 g/mol. The van der Waals surface area contributed by atoms with Crippen LogP contribution in [0.1, 0.15) is 0 Å². The van der Waals surface area contributed by atoms with Crippen molar-refractivity contribution < 1.29 is 13.5 Å². The van der Waals surface area contributed by atoms with Gasteiger partial charge in [0.2, 0.25) is 0 Å². The SMILES string of the molecule is Nc1ccnc(Oc2cc(F)cc(F)c2)n1. The molecule has 0 unspecified atom stereocenters. The maximum Gasteiger partial charge on any atom is 0.323 e. The summed E-state index contributed by atoms with van der Waals surface area (Å²) in [5, 5.41) is 0. The average Bonchev–Trinajstić information content (AvgIpc) is 2.15. The van der Waals surface area contributed by atoms with Crippen LogP contribution in [0.25, 0.3) is 0 Å². The van der Waals surface area contributed by atoms with Gasteiger partial charge in [-0.05, 0) is 6.07 Å². The van der Waals surface area contributed by atoms with Gasteiger partial charge in [0.25, 0.3) is 0 Å². The third-order valence-electron chi connectivity index (χ3n) is 1.70. The van der Waals surface area contributed by atoms with Crippen LogP contribution in [-0.2, 0) is 0 Å². The van der Waals surface area contributed by atoms with Crippen LogP contribution in [0.5, 0.6) is 11.8 Å². The molecule has 2 rings (SSSR count). The number of nitrogens with zero attached hydrogens (tertiary/aromatic N) is 2. The number of aromatic nitrogens is 2. The average molecular weight is 223 g/mol. The smallest absolute Gasteiger partial charge is 0.323 e. The third kappa shape index (κ3) is 2.41. The Balaban J connectivity index is 2.27. The molecule has 0 aliphatic heterocycles. The number of ether oxygens (including phenoxy) is 1. The van der Waals surface area contributed by atoms with Gasteiger partial charge < -0.3 is 10.5 Å². The van der Waals surface area contributed by atoms with E-state index in [1.54, 1.807) is 0 Å². The topological polar surface area (TPSA) is 61.0 Å². The van der Waals surface area contributed by atoms with Crippen molar-refractivity contribution in [2.45, 2.75) is 0 Å². The van der Waals surface area contributed by atoms with E-state index in [4.69, 9.17) is 10.5 Å². The quantitative estimate of drug-likeness (QED) is 0.847. The largest absolute Gasteiger partial charge is 0.424 e. The van der Waals surface area contributed by atoms with E-state index >= 15 is 0 Å². The van der Waals surface area contributed by atoms with Crippen LogP contribution in [0.3, 0.4) is 0 Å². The first kappa shape index (κ1) is 10.3. The summed E-state index contributed by atoms with van der Waals surface area (Å²) in [6.45, 7) is 0. The maximum atomic E-state index is 12.8. The Morgan fingerprint density at radius 2 is 1.81 bits per heavy atom. The van der Waals surface area contributed by atoms with Gasteiger partial charge in [-0.1, -0.05) is 0 Å². The fourth-order valence-corrected chi connectivity index (χ4v) is 1.10. The highest BCUT2D eigenvalue weighted by molar-refractivity contribution is 5.30. The van der Waals surface area contributed by atoms with E-state index in [2.05, 4.69) is 9.97 Å². The van der Waals surface area contributed by atoms with Gasteiger partial charge in [-0.3, -0.25) is 0 Å². The number of nitrogens with two attached hydrogens (primary N) is 1. The lowest BCUT2D eigenvalue weighted by atomic mass is 10.3. The molecule has 2 N–H and O–H groups in total. The number of halogens is 2. The maximum absolute atomic E-state index is 12.8. The molecule has 0 aliphatic carbocycles. The van der Waals surface area contributed by atoms with Crippen LogP contribution in [0.2, 0.25) is 0 Å². The molecule has 0 saturated heterocycles. The van der Waals surface area contributed by atoms with Gasteiger partial charge in [-0.2, -0.15) is 4.98 Å². The Hall–Kier alpha value is -2.24. The number of rotatable bonds is 2. The minimum atomic E-state index is -0.737. The van der Waals surface area contributed by atoms with E-state index in [0.717, 1.165) is 18.2 Å². The van der Waals surface area contributed by atoms with Crippen LogP contribution in [0.15, 0.2) is 30.5 Å². The van der Waals surface area contributed by atoms with Crippen molar-refractivity contribution in [3.05, 3.63) is 42.1 Å². The summed E-state index contributed by atoms with van der Waals surface area (Å²) in [7, 11) is 0. The van der Waals surface area contributed by atoms with Crippen molar-refractivity contribution in [1.29, 1.82) is 0 Å². The molecule has 0 fully saturated rings. The fraction of sp³-hybridized carbons (Fsp3) is 0. The Morgan fingerprint density at radius 3 is 2.44 bits per heavy atom. The predicted octanol–water partition coefficient (Wildman–Crippen LogP) is 2.13. The zero-order chi connectivity index (χ0) is 11.5. The summed E-state index contributed by atoms with van der Waals surface area (Å²) < 4.78 is 30.7. The number of nitrogen functional groups attached to an aromatic ring is 1. The van der Waals surface area contributed by atoms with E-state index in [0.29, 0.717) is 0 Å². The van der Waals surface area contributed by atoms with Gasteiger partial charge in [-0.25, -0.2) is 13.8 Å². The molecule has 16 heavy (non-hydrogen) atoms. The summed E-state index contributed by atoms with van der Waals surface area (Å²) in [5.41, 5.74) is 5.39. The summed E-state index contributed by atoms with van der Waals surface area (Å²) in [6.07, 6.45) is 1.38. The highest BCUT2D eigenvalue weighted by Crippen LogP contribution is 2.20. The van der Waals surface area contributed by atoms with Crippen molar-refractivity contribution in [1.82, 2.24) is 9.97 Å². The summed E-state index contributed by atoms with van der Waals surface area (Å²) in [5.74, 6) is -1.29. The van der Waals surface area contributed by atoms with Crippen LogP contribution < -0.4 is 10.5 Å². The van der Waals surface area contributed by atoms with Crippen LogP contribution >= 0.6 is 0 Å². The summed E-state index contributed by atoms with van der Waals surface area (Å²) in [4.78, 5) is 7.46. The number of hydrogen-bond donors (Lipinski definition) is 1. The minimum absolute atomic E-state index is 0.0249. The third-order valence-corrected chi connectivity index (χ3v) is 1.70. The highest BCUT2D eigenvalue weighted by Gasteiger charge is 2.04. The van der Waals surface area contributed by atoms with E-state index in [-0.39, 0.29) is 17.6 Å². The van der Waals surface area contributed by atoms with Crippen LogP contribution in [0, 0.1) is 11.6 Å². The van der Waals surface area contributed by atoms with Gasteiger partial charge in [-0.15, -0.1) is 0 Å². The molecule has 0 bridgehead atoms. The lowest BCUT2D eigenvalue weighted by Crippen LogP contribution is -1.96. The zero-order valence-electron chi connectivity index (χ0n) is 8.02. The molecule has 0 atom stereocenters. The molecule has 1 aromatic carbocycles. The van der Waals surface area contributed by atoms with Gasteiger partial charge in [0.15, 0.2) is 0 Å². The van der Waals surface area contributed by atoms with Crippen molar-refractivity contribution in [2.24, 2.45) is 0 Å². The van der Waals surface area contributed by atoms with Gasteiger partial charge in [0, 0.05) is 24.4 Å². The molecule has 0 amide bonds. The molecule has 0 radical (unpaired) electrons. The van der Waals surface area contributed by atoms with Gasteiger partial charge >= 0.3 is 6.01 Å². The van der Waals surface area contributed by atoms with Crippen LogP contribution in [-0.4, -0.2) is 9.97 Å². The normalized spacial score (nSPS) is 10.1.